The molecule has 0 saturated heterocycles. The number of rotatable bonds is 3. The van der Waals surface area contributed by atoms with E-state index in [2.05, 4.69) is 4.98 Å². The van der Waals surface area contributed by atoms with Crippen molar-refractivity contribution in [1.29, 1.82) is 0 Å². The van der Waals surface area contributed by atoms with E-state index in [1.807, 2.05) is 12.1 Å². The fourth-order valence-corrected chi connectivity index (χ4v) is 1.71. The number of carbonyl (C=O) groups excluding carboxylic acids is 1. The first-order valence-electron chi connectivity index (χ1n) is 5.75. The van der Waals surface area contributed by atoms with Crippen molar-refractivity contribution in [3.8, 4) is 5.75 Å². The molecule has 1 amide bonds. The largest absolute Gasteiger partial charge is 0.497 e. The van der Waals surface area contributed by atoms with Crippen LogP contribution in [0.3, 0.4) is 0 Å². The molecule has 1 aromatic heterocycles. The fraction of sp³-hybridized carbons (Fsp3) is 0.143. The second-order valence-electron chi connectivity index (χ2n) is 4.03. The van der Waals surface area contributed by atoms with Crippen LogP contribution in [0.2, 0.25) is 0 Å². The smallest absolute Gasteiger partial charge is 0.260 e. The minimum atomic E-state index is -0.176. The van der Waals surface area contributed by atoms with Crippen LogP contribution in [-0.2, 0) is 0 Å². The fourth-order valence-electron chi connectivity index (χ4n) is 1.71. The summed E-state index contributed by atoms with van der Waals surface area (Å²) in [5.41, 5.74) is 7.33. The molecule has 2 rings (SSSR count). The Morgan fingerprint density at radius 1 is 1.26 bits per heavy atom. The third-order valence-electron chi connectivity index (χ3n) is 2.85. The zero-order chi connectivity index (χ0) is 13.8. The molecule has 1 heterocycles. The standard InChI is InChI=1S/C14H15N3O2/c1-17(10-3-5-11(19-2)6-4-10)14(18)12-7-8-16-9-13(12)15/h3-9H,15H2,1-2H3. The van der Waals surface area contributed by atoms with E-state index in [1.165, 1.54) is 11.1 Å². The van der Waals surface area contributed by atoms with E-state index in [9.17, 15) is 4.79 Å². The summed E-state index contributed by atoms with van der Waals surface area (Å²) in [6.07, 6.45) is 3.01. The predicted octanol–water partition coefficient (Wildman–Crippen LogP) is 1.95. The summed E-state index contributed by atoms with van der Waals surface area (Å²) in [6.45, 7) is 0. The van der Waals surface area contributed by atoms with Gasteiger partial charge in [-0.1, -0.05) is 0 Å². The first-order valence-corrected chi connectivity index (χ1v) is 5.75. The highest BCUT2D eigenvalue weighted by Crippen LogP contribution is 2.21. The SMILES string of the molecule is COc1ccc(N(C)C(=O)c2ccncc2N)cc1. The molecule has 0 aliphatic heterocycles. The Kier molecular flexibility index (Phi) is 3.66. The maximum absolute atomic E-state index is 12.3. The van der Waals surface area contributed by atoms with Crippen LogP contribution in [0.5, 0.6) is 5.75 Å². The number of carbonyl (C=O) groups is 1. The molecule has 5 nitrogen and oxygen atoms in total. The van der Waals surface area contributed by atoms with Crippen LogP contribution in [0.4, 0.5) is 11.4 Å². The van der Waals surface area contributed by atoms with Crippen LogP contribution in [0.15, 0.2) is 42.7 Å². The number of hydrogen-bond donors (Lipinski definition) is 1. The van der Waals surface area contributed by atoms with Gasteiger partial charge in [-0.3, -0.25) is 9.78 Å². The summed E-state index contributed by atoms with van der Waals surface area (Å²) in [7, 11) is 3.30. The summed E-state index contributed by atoms with van der Waals surface area (Å²) in [6, 6.07) is 8.84. The number of aromatic nitrogens is 1. The van der Waals surface area contributed by atoms with Crippen molar-refractivity contribution in [3.63, 3.8) is 0 Å². The second-order valence-corrected chi connectivity index (χ2v) is 4.03. The van der Waals surface area contributed by atoms with Crippen LogP contribution in [0.25, 0.3) is 0 Å². The van der Waals surface area contributed by atoms with Crippen LogP contribution >= 0.6 is 0 Å². The van der Waals surface area contributed by atoms with Gasteiger partial charge in [-0.25, -0.2) is 0 Å². The summed E-state index contributed by atoms with van der Waals surface area (Å²) >= 11 is 0. The number of amides is 1. The van der Waals surface area contributed by atoms with Crippen molar-refractivity contribution in [3.05, 3.63) is 48.3 Å². The normalized spacial score (nSPS) is 10.0. The van der Waals surface area contributed by atoms with Gasteiger partial charge in [0.2, 0.25) is 0 Å². The van der Waals surface area contributed by atoms with E-state index in [0.717, 1.165) is 11.4 Å². The van der Waals surface area contributed by atoms with Gasteiger partial charge in [0.25, 0.3) is 5.91 Å². The zero-order valence-electron chi connectivity index (χ0n) is 10.8. The quantitative estimate of drug-likeness (QED) is 0.912. The third-order valence-corrected chi connectivity index (χ3v) is 2.85. The minimum absolute atomic E-state index is 0.176. The van der Waals surface area contributed by atoms with Gasteiger partial charge in [0, 0.05) is 18.9 Å². The van der Waals surface area contributed by atoms with E-state index in [4.69, 9.17) is 10.5 Å². The summed E-state index contributed by atoms with van der Waals surface area (Å²) in [4.78, 5) is 17.7. The van der Waals surface area contributed by atoms with Gasteiger partial charge < -0.3 is 15.4 Å². The Balaban J connectivity index is 2.26. The minimum Gasteiger partial charge on any atom is -0.497 e. The van der Waals surface area contributed by atoms with Crippen LogP contribution < -0.4 is 15.4 Å². The number of methoxy groups -OCH3 is 1. The van der Waals surface area contributed by atoms with Crippen molar-refractivity contribution >= 4 is 17.3 Å². The predicted molar refractivity (Wildman–Crippen MR) is 74.4 cm³/mol. The van der Waals surface area contributed by atoms with E-state index in [1.54, 1.807) is 38.6 Å². The molecular weight excluding hydrogens is 242 g/mol. The molecule has 0 radical (unpaired) electrons. The Bertz CT molecular complexity index is 581. The van der Waals surface area contributed by atoms with E-state index in [-0.39, 0.29) is 5.91 Å². The van der Waals surface area contributed by atoms with E-state index < -0.39 is 0 Å². The topological polar surface area (TPSA) is 68.5 Å². The Morgan fingerprint density at radius 3 is 2.53 bits per heavy atom. The number of nitrogen functional groups attached to an aromatic ring is 1. The maximum atomic E-state index is 12.3. The third kappa shape index (κ3) is 2.65. The molecule has 2 aromatic rings. The number of benzene rings is 1. The number of nitrogens with two attached hydrogens (primary N) is 1. The van der Waals surface area contributed by atoms with E-state index in [0.29, 0.717) is 11.3 Å². The summed E-state index contributed by atoms with van der Waals surface area (Å²) in [5.74, 6) is 0.568. The van der Waals surface area contributed by atoms with Gasteiger partial charge in [-0.05, 0) is 30.3 Å². The van der Waals surface area contributed by atoms with Crippen LogP contribution in [0, 0.1) is 0 Å². The maximum Gasteiger partial charge on any atom is 0.260 e. The Morgan fingerprint density at radius 2 is 1.95 bits per heavy atom. The van der Waals surface area contributed by atoms with Gasteiger partial charge in [0.15, 0.2) is 0 Å². The van der Waals surface area contributed by atoms with E-state index >= 15 is 0 Å². The lowest BCUT2D eigenvalue weighted by atomic mass is 10.2. The van der Waals surface area contributed by atoms with Crippen LogP contribution in [-0.4, -0.2) is 25.0 Å². The van der Waals surface area contributed by atoms with Crippen molar-refractivity contribution < 1.29 is 9.53 Å². The highest BCUT2D eigenvalue weighted by atomic mass is 16.5. The molecule has 0 spiro atoms. The average molecular weight is 257 g/mol. The van der Waals surface area contributed by atoms with Gasteiger partial charge >= 0.3 is 0 Å². The lowest BCUT2D eigenvalue weighted by molar-refractivity contribution is 0.0993. The first kappa shape index (κ1) is 12.9. The Hall–Kier alpha value is -2.56. The Labute approximate surface area is 111 Å². The molecule has 0 bridgehead atoms. The van der Waals surface area contributed by atoms with Crippen LogP contribution in [0.1, 0.15) is 10.4 Å². The molecule has 0 fully saturated rings. The van der Waals surface area contributed by atoms with Crippen molar-refractivity contribution in [1.82, 2.24) is 4.98 Å². The first-order chi connectivity index (χ1) is 9.13. The molecule has 98 valence electrons. The summed E-state index contributed by atoms with van der Waals surface area (Å²) < 4.78 is 5.08. The lowest BCUT2D eigenvalue weighted by Crippen LogP contribution is -2.27. The molecule has 2 N–H and O–H groups in total. The number of pyridine rings is 1. The molecule has 0 unspecified atom stereocenters. The number of ether oxygens (including phenoxy) is 1. The average Bonchev–Trinajstić information content (AvgIpc) is 2.46. The van der Waals surface area contributed by atoms with Crippen molar-refractivity contribution in [2.24, 2.45) is 0 Å². The molecule has 1 aromatic carbocycles. The molecule has 0 aliphatic rings. The van der Waals surface area contributed by atoms with Crippen molar-refractivity contribution in [2.45, 2.75) is 0 Å². The monoisotopic (exact) mass is 257 g/mol. The molecule has 5 heteroatoms. The molecule has 19 heavy (non-hydrogen) atoms. The molecule has 0 saturated carbocycles. The lowest BCUT2D eigenvalue weighted by Gasteiger charge is -2.18. The number of nitrogens with zero attached hydrogens (tertiary/aromatic N) is 2. The van der Waals surface area contributed by atoms with Crippen molar-refractivity contribution in [2.75, 3.05) is 24.8 Å². The number of anilines is 2. The molecular formula is C14H15N3O2. The molecule has 0 atom stereocenters. The van der Waals surface area contributed by atoms with Gasteiger partial charge in [-0.2, -0.15) is 0 Å². The summed E-state index contributed by atoms with van der Waals surface area (Å²) in [5, 5.41) is 0. The highest BCUT2D eigenvalue weighted by molar-refractivity contribution is 6.08. The highest BCUT2D eigenvalue weighted by Gasteiger charge is 2.15. The van der Waals surface area contributed by atoms with Gasteiger partial charge in [0.05, 0.1) is 24.6 Å². The zero-order valence-corrected chi connectivity index (χ0v) is 10.8. The van der Waals surface area contributed by atoms with Gasteiger partial charge in [-0.15, -0.1) is 0 Å². The second kappa shape index (κ2) is 5.39. The van der Waals surface area contributed by atoms with Gasteiger partial charge in [0.1, 0.15) is 5.75 Å². The molecule has 0 aliphatic carbocycles. The number of hydrogen-bond acceptors (Lipinski definition) is 4.